The number of aryl methyl sites for hydroxylation is 1. The Hall–Kier alpha value is -7.68. The summed E-state index contributed by atoms with van der Waals surface area (Å²) in [7, 11) is 0. The summed E-state index contributed by atoms with van der Waals surface area (Å²) in [4.78, 5) is 0. The first-order valence-corrected chi connectivity index (χ1v) is 21.4. The normalized spacial score (nSPS) is 14.1. The maximum Gasteiger partial charge on any atom is 0.135 e. The van der Waals surface area contributed by atoms with Crippen LogP contribution in [-0.2, 0) is 6.42 Å². The molecule has 0 N–H and O–H groups in total. The Bertz CT molecular complexity index is 3560. The van der Waals surface area contributed by atoms with E-state index in [4.69, 9.17) is 4.74 Å². The summed E-state index contributed by atoms with van der Waals surface area (Å²) in [5, 5.41) is 7.41. The maximum absolute atomic E-state index is 6.81. The molecule has 13 rings (SSSR count). The van der Waals surface area contributed by atoms with E-state index in [-0.39, 0.29) is 0 Å². The third-order valence-corrected chi connectivity index (χ3v) is 13.4. The summed E-state index contributed by atoms with van der Waals surface area (Å²) >= 11 is 0. The fourth-order valence-electron chi connectivity index (χ4n) is 10.7. The van der Waals surface area contributed by atoms with Gasteiger partial charge in [-0.1, -0.05) is 158 Å². The lowest BCUT2D eigenvalue weighted by Gasteiger charge is -2.25. The lowest BCUT2D eigenvalue weighted by atomic mass is 9.84. The summed E-state index contributed by atoms with van der Waals surface area (Å²) < 4.78 is 9.27. The van der Waals surface area contributed by atoms with Crippen LogP contribution in [0.15, 0.2) is 206 Å². The van der Waals surface area contributed by atoms with Crippen molar-refractivity contribution in [2.45, 2.75) is 18.8 Å². The van der Waals surface area contributed by atoms with E-state index >= 15 is 0 Å². The molecule has 0 radical (unpaired) electrons. The molecule has 0 saturated carbocycles. The molecule has 0 amide bonds. The van der Waals surface area contributed by atoms with Gasteiger partial charge in [0.1, 0.15) is 11.5 Å². The van der Waals surface area contributed by atoms with Crippen LogP contribution in [0.2, 0.25) is 0 Å². The van der Waals surface area contributed by atoms with E-state index < -0.39 is 0 Å². The molecule has 286 valence electrons. The molecule has 61 heavy (non-hydrogen) atoms. The summed E-state index contributed by atoms with van der Waals surface area (Å²) in [5.74, 6) is 2.16. The molecular weight excluding hydrogens is 739 g/mol. The number of para-hydroxylation sites is 1. The van der Waals surface area contributed by atoms with Crippen molar-refractivity contribution in [3.63, 3.8) is 0 Å². The van der Waals surface area contributed by atoms with Crippen molar-refractivity contribution < 1.29 is 4.74 Å². The first-order valence-electron chi connectivity index (χ1n) is 21.4. The average molecular weight is 778 g/mol. The smallest absolute Gasteiger partial charge is 0.135 e. The van der Waals surface area contributed by atoms with Crippen LogP contribution in [0.1, 0.15) is 29.0 Å². The van der Waals surface area contributed by atoms with Crippen molar-refractivity contribution in [3.8, 4) is 61.7 Å². The standard InChI is InChI=1S/C59H39NO/c1-3-14-37(15-4-1)39-27-31-55-50(34-39)47-21-11-12-24-53(47)60(55)54-32-30-43(44-18-7-9-20-46(44)54)40-28-33-56-51(35-40)52-36-41-26-29-42(38-16-5-2-6-17-38)45-19-8-10-22-48(45)58(41)49-23-13-25-57(61-56)59(49)52/h1-25,27-28,30-36,42H,26,29H2. The first-order chi connectivity index (χ1) is 30.3. The molecule has 1 atom stereocenters. The Morgan fingerprint density at radius 2 is 1.13 bits per heavy atom. The van der Waals surface area contributed by atoms with Crippen molar-refractivity contribution in [1.82, 2.24) is 4.57 Å². The van der Waals surface area contributed by atoms with E-state index in [1.165, 1.54) is 105 Å². The second kappa shape index (κ2) is 13.4. The Labute approximate surface area is 354 Å². The molecule has 0 bridgehead atoms. The van der Waals surface area contributed by atoms with Crippen LogP contribution < -0.4 is 4.74 Å². The Morgan fingerprint density at radius 3 is 2.02 bits per heavy atom. The second-order valence-corrected chi connectivity index (χ2v) is 16.7. The number of rotatable bonds is 4. The highest BCUT2D eigenvalue weighted by atomic mass is 16.5. The number of hydrogen-bond acceptors (Lipinski definition) is 1. The highest BCUT2D eigenvalue weighted by Gasteiger charge is 2.29. The largest absolute Gasteiger partial charge is 0.456 e. The van der Waals surface area contributed by atoms with Gasteiger partial charge in [-0.3, -0.25) is 0 Å². The molecule has 11 aromatic rings. The van der Waals surface area contributed by atoms with Gasteiger partial charge in [-0.05, 0) is 128 Å². The second-order valence-electron chi connectivity index (χ2n) is 16.7. The molecule has 2 heterocycles. The Balaban J connectivity index is 0.970. The monoisotopic (exact) mass is 777 g/mol. The van der Waals surface area contributed by atoms with Crippen molar-refractivity contribution in [2.24, 2.45) is 0 Å². The minimum atomic E-state index is 0.331. The quantitative estimate of drug-likeness (QED) is 0.174. The number of ether oxygens (including phenoxy) is 1. The topological polar surface area (TPSA) is 14.2 Å². The van der Waals surface area contributed by atoms with Crippen LogP contribution in [0, 0.1) is 0 Å². The minimum Gasteiger partial charge on any atom is -0.456 e. The van der Waals surface area contributed by atoms with Crippen LogP contribution in [0.5, 0.6) is 11.5 Å². The van der Waals surface area contributed by atoms with Gasteiger partial charge in [-0.25, -0.2) is 0 Å². The van der Waals surface area contributed by atoms with Crippen molar-refractivity contribution >= 4 is 43.4 Å². The number of nitrogens with zero attached hydrogens (tertiary/aromatic N) is 1. The van der Waals surface area contributed by atoms with E-state index in [2.05, 4.69) is 211 Å². The molecule has 2 nitrogen and oxygen atoms in total. The highest BCUT2D eigenvalue weighted by molar-refractivity contribution is 6.14. The summed E-state index contributed by atoms with van der Waals surface area (Å²) in [6.07, 6.45) is 2.05. The van der Waals surface area contributed by atoms with Gasteiger partial charge in [-0.2, -0.15) is 0 Å². The van der Waals surface area contributed by atoms with E-state index in [0.717, 1.165) is 29.9 Å². The SMILES string of the molecule is c1ccc(-c2ccc3c(c2)c2ccccc2n3-c2ccc(-c3ccc4c(c3)-c3cc5c(c6cccc(c36)O4)-c3ccccc3C(c3ccccc3)CC5)c3ccccc23)cc1. The summed E-state index contributed by atoms with van der Waals surface area (Å²) in [6.45, 7) is 0. The Morgan fingerprint density at radius 1 is 0.410 bits per heavy atom. The maximum atomic E-state index is 6.81. The van der Waals surface area contributed by atoms with Gasteiger partial charge in [-0.15, -0.1) is 0 Å². The summed E-state index contributed by atoms with van der Waals surface area (Å²) in [5.41, 5.74) is 17.7. The molecule has 0 spiro atoms. The van der Waals surface area contributed by atoms with Crippen molar-refractivity contribution in [1.29, 1.82) is 0 Å². The molecule has 2 heteroatoms. The van der Waals surface area contributed by atoms with Crippen LogP contribution in [0.25, 0.3) is 93.5 Å². The van der Waals surface area contributed by atoms with Gasteiger partial charge in [0.25, 0.3) is 0 Å². The molecule has 0 saturated heterocycles. The van der Waals surface area contributed by atoms with Crippen LogP contribution >= 0.6 is 0 Å². The minimum absolute atomic E-state index is 0.331. The number of hydrogen-bond donors (Lipinski definition) is 0. The van der Waals surface area contributed by atoms with E-state index in [9.17, 15) is 0 Å². The molecule has 1 aliphatic heterocycles. The number of fused-ring (bicyclic) bond motifs is 10. The molecule has 1 aromatic heterocycles. The van der Waals surface area contributed by atoms with Crippen molar-refractivity contribution in [3.05, 3.63) is 223 Å². The van der Waals surface area contributed by atoms with Crippen LogP contribution in [-0.4, -0.2) is 4.57 Å². The molecule has 10 aromatic carbocycles. The zero-order valence-electron chi connectivity index (χ0n) is 33.5. The third-order valence-electron chi connectivity index (χ3n) is 13.4. The number of benzene rings is 10. The van der Waals surface area contributed by atoms with E-state index in [1.54, 1.807) is 0 Å². The third kappa shape index (κ3) is 5.22. The van der Waals surface area contributed by atoms with Gasteiger partial charge < -0.3 is 9.30 Å². The lowest BCUT2D eigenvalue weighted by molar-refractivity contribution is 0.487. The van der Waals surface area contributed by atoms with E-state index in [0.29, 0.717) is 5.92 Å². The van der Waals surface area contributed by atoms with Crippen LogP contribution in [0.3, 0.4) is 0 Å². The zero-order chi connectivity index (χ0) is 40.0. The Kier molecular flexibility index (Phi) is 7.53. The van der Waals surface area contributed by atoms with Gasteiger partial charge in [0, 0.05) is 33.0 Å². The van der Waals surface area contributed by atoms with Crippen molar-refractivity contribution in [2.75, 3.05) is 0 Å². The van der Waals surface area contributed by atoms with Gasteiger partial charge in [0.2, 0.25) is 0 Å². The molecule has 0 fully saturated rings. The molecular formula is C59H39NO. The van der Waals surface area contributed by atoms with Gasteiger partial charge >= 0.3 is 0 Å². The highest BCUT2D eigenvalue weighted by Crippen LogP contribution is 2.53. The first kappa shape index (κ1) is 34.2. The van der Waals surface area contributed by atoms with Crippen LogP contribution in [0.4, 0.5) is 0 Å². The molecule has 2 aliphatic rings. The predicted octanol–water partition coefficient (Wildman–Crippen LogP) is 15.9. The molecule has 1 unspecified atom stereocenters. The fourth-order valence-corrected chi connectivity index (χ4v) is 10.7. The van der Waals surface area contributed by atoms with E-state index in [1.807, 2.05) is 0 Å². The van der Waals surface area contributed by atoms with Gasteiger partial charge in [0.15, 0.2) is 0 Å². The fraction of sp³-hybridized carbons (Fsp3) is 0.0508. The average Bonchev–Trinajstić information content (AvgIpc) is 3.55. The predicted molar refractivity (Wildman–Crippen MR) is 254 cm³/mol. The zero-order valence-corrected chi connectivity index (χ0v) is 33.5. The molecule has 1 aliphatic carbocycles. The lowest BCUT2D eigenvalue weighted by Crippen LogP contribution is -2.01. The summed E-state index contributed by atoms with van der Waals surface area (Å²) in [6, 6.07) is 75.9. The van der Waals surface area contributed by atoms with Gasteiger partial charge in [0.05, 0.1) is 16.7 Å². The number of aromatic nitrogens is 1.